The zero-order chi connectivity index (χ0) is 18.4. The SMILES string of the molecule is CN(C)C(=O)CO[C@H]1CCOC[C@H]1NC(=O)Cc1ccc(F)cc1Cl. The van der Waals surface area contributed by atoms with Crippen molar-refractivity contribution in [2.24, 2.45) is 0 Å². The van der Waals surface area contributed by atoms with Crippen LogP contribution in [-0.4, -0.2) is 62.8 Å². The van der Waals surface area contributed by atoms with Gasteiger partial charge in [0.25, 0.3) is 0 Å². The van der Waals surface area contributed by atoms with E-state index in [1.54, 1.807) is 14.1 Å². The second-order valence-corrected chi connectivity index (χ2v) is 6.49. The highest BCUT2D eigenvalue weighted by Gasteiger charge is 2.28. The quantitative estimate of drug-likeness (QED) is 0.819. The molecule has 1 N–H and O–H groups in total. The molecule has 2 atom stereocenters. The van der Waals surface area contributed by atoms with Crippen molar-refractivity contribution >= 4 is 23.4 Å². The van der Waals surface area contributed by atoms with E-state index in [2.05, 4.69) is 5.32 Å². The van der Waals surface area contributed by atoms with Crippen molar-refractivity contribution in [2.45, 2.75) is 25.0 Å². The van der Waals surface area contributed by atoms with Gasteiger partial charge in [-0.1, -0.05) is 17.7 Å². The van der Waals surface area contributed by atoms with Gasteiger partial charge in [0, 0.05) is 25.7 Å². The molecule has 6 nitrogen and oxygen atoms in total. The fourth-order valence-electron chi connectivity index (χ4n) is 2.46. The van der Waals surface area contributed by atoms with Gasteiger partial charge in [0.1, 0.15) is 12.4 Å². The number of ether oxygens (including phenoxy) is 2. The molecule has 1 fully saturated rings. The van der Waals surface area contributed by atoms with Crippen molar-refractivity contribution in [3.63, 3.8) is 0 Å². The number of carbonyl (C=O) groups is 2. The molecule has 2 amide bonds. The molecule has 0 aromatic heterocycles. The maximum absolute atomic E-state index is 13.1. The molecule has 2 rings (SSSR count). The first kappa shape index (κ1) is 19.6. The van der Waals surface area contributed by atoms with Crippen molar-refractivity contribution in [2.75, 3.05) is 33.9 Å². The van der Waals surface area contributed by atoms with Gasteiger partial charge in [0.15, 0.2) is 0 Å². The molecule has 0 spiro atoms. The van der Waals surface area contributed by atoms with Gasteiger partial charge >= 0.3 is 0 Å². The Morgan fingerprint density at radius 1 is 1.44 bits per heavy atom. The third-order valence-corrected chi connectivity index (χ3v) is 4.28. The highest BCUT2D eigenvalue weighted by molar-refractivity contribution is 6.31. The summed E-state index contributed by atoms with van der Waals surface area (Å²) in [5, 5.41) is 3.05. The predicted molar refractivity (Wildman–Crippen MR) is 90.9 cm³/mol. The number of hydrogen-bond donors (Lipinski definition) is 1. The molecule has 0 aliphatic carbocycles. The van der Waals surface area contributed by atoms with Crippen LogP contribution in [0.25, 0.3) is 0 Å². The smallest absolute Gasteiger partial charge is 0.248 e. The van der Waals surface area contributed by atoms with E-state index in [1.807, 2.05) is 0 Å². The van der Waals surface area contributed by atoms with Gasteiger partial charge in [-0.2, -0.15) is 0 Å². The summed E-state index contributed by atoms with van der Waals surface area (Å²) in [5.41, 5.74) is 0.539. The summed E-state index contributed by atoms with van der Waals surface area (Å²) >= 11 is 5.95. The first-order valence-electron chi connectivity index (χ1n) is 7.99. The standard InChI is InChI=1S/C17H22ClFN2O4/c1-21(2)17(23)10-25-15-5-6-24-9-14(15)20-16(22)7-11-3-4-12(19)8-13(11)18/h3-4,8,14-15H,5-7,9-10H2,1-2H3,(H,20,22)/t14-,15+/m1/s1. The lowest BCUT2D eigenvalue weighted by molar-refractivity contribution is -0.140. The number of rotatable bonds is 6. The Balaban J connectivity index is 1.91. The zero-order valence-corrected chi connectivity index (χ0v) is 15.0. The minimum absolute atomic E-state index is 0.0267. The monoisotopic (exact) mass is 372 g/mol. The van der Waals surface area contributed by atoms with E-state index in [0.717, 1.165) is 0 Å². The van der Waals surface area contributed by atoms with E-state index in [0.29, 0.717) is 25.2 Å². The van der Waals surface area contributed by atoms with Gasteiger partial charge in [-0.3, -0.25) is 9.59 Å². The van der Waals surface area contributed by atoms with Crippen LogP contribution in [0.1, 0.15) is 12.0 Å². The summed E-state index contributed by atoms with van der Waals surface area (Å²) < 4.78 is 24.1. The summed E-state index contributed by atoms with van der Waals surface area (Å²) in [6, 6.07) is 3.57. The Morgan fingerprint density at radius 2 is 2.20 bits per heavy atom. The molecule has 25 heavy (non-hydrogen) atoms. The number of likely N-dealkylation sites (N-methyl/N-ethyl adjacent to an activating group) is 1. The Kier molecular flexibility index (Phi) is 7.16. The largest absolute Gasteiger partial charge is 0.379 e. The molecule has 1 aliphatic heterocycles. The number of amides is 2. The van der Waals surface area contributed by atoms with Gasteiger partial charge in [-0.15, -0.1) is 0 Å². The van der Waals surface area contributed by atoms with Crippen molar-refractivity contribution < 1.29 is 23.5 Å². The van der Waals surface area contributed by atoms with Crippen LogP contribution in [-0.2, 0) is 25.5 Å². The molecule has 1 aromatic carbocycles. The summed E-state index contributed by atoms with van der Waals surface area (Å²) in [7, 11) is 3.31. The Labute approximate surface area is 151 Å². The van der Waals surface area contributed by atoms with Crippen molar-refractivity contribution in [3.8, 4) is 0 Å². The summed E-state index contributed by atoms with van der Waals surface area (Å²) in [4.78, 5) is 25.4. The molecule has 1 aliphatic rings. The minimum atomic E-state index is -0.450. The molecule has 1 saturated heterocycles. The normalized spacial score (nSPS) is 20.2. The van der Waals surface area contributed by atoms with E-state index in [9.17, 15) is 14.0 Å². The fraction of sp³-hybridized carbons (Fsp3) is 0.529. The topological polar surface area (TPSA) is 67.9 Å². The molecule has 1 aromatic rings. The van der Waals surface area contributed by atoms with Crippen molar-refractivity contribution in [3.05, 3.63) is 34.6 Å². The van der Waals surface area contributed by atoms with E-state index in [1.165, 1.54) is 23.1 Å². The Morgan fingerprint density at radius 3 is 2.88 bits per heavy atom. The van der Waals surface area contributed by atoms with E-state index in [-0.39, 0.29) is 42.0 Å². The lowest BCUT2D eigenvalue weighted by Gasteiger charge is -2.32. The van der Waals surface area contributed by atoms with Crippen LogP contribution in [0.4, 0.5) is 4.39 Å². The molecule has 0 unspecified atom stereocenters. The van der Waals surface area contributed by atoms with Gasteiger partial charge in [0.05, 0.1) is 25.2 Å². The lowest BCUT2D eigenvalue weighted by atomic mass is 10.1. The predicted octanol–water partition coefficient (Wildman–Crippen LogP) is 1.40. The lowest BCUT2D eigenvalue weighted by Crippen LogP contribution is -2.51. The Bertz CT molecular complexity index is 627. The maximum atomic E-state index is 13.1. The number of hydrogen-bond acceptors (Lipinski definition) is 4. The van der Waals surface area contributed by atoms with Crippen molar-refractivity contribution in [1.82, 2.24) is 10.2 Å². The number of benzene rings is 1. The van der Waals surface area contributed by atoms with Crippen LogP contribution in [0.5, 0.6) is 0 Å². The van der Waals surface area contributed by atoms with Crippen LogP contribution < -0.4 is 5.32 Å². The Hall–Kier alpha value is -1.70. The zero-order valence-electron chi connectivity index (χ0n) is 14.3. The van der Waals surface area contributed by atoms with Gasteiger partial charge < -0.3 is 19.7 Å². The van der Waals surface area contributed by atoms with Gasteiger partial charge in [0.2, 0.25) is 11.8 Å². The minimum Gasteiger partial charge on any atom is -0.379 e. The van der Waals surface area contributed by atoms with Crippen LogP contribution in [0, 0.1) is 5.82 Å². The molecule has 8 heteroatoms. The third kappa shape index (κ3) is 5.95. The molecular weight excluding hydrogens is 351 g/mol. The van der Waals surface area contributed by atoms with Crippen LogP contribution in [0.3, 0.4) is 0 Å². The number of halogens is 2. The van der Waals surface area contributed by atoms with E-state index >= 15 is 0 Å². The highest BCUT2D eigenvalue weighted by atomic mass is 35.5. The highest BCUT2D eigenvalue weighted by Crippen LogP contribution is 2.18. The molecular formula is C17H22ClFN2O4. The second-order valence-electron chi connectivity index (χ2n) is 6.09. The molecule has 0 saturated carbocycles. The summed E-state index contributed by atoms with van der Waals surface area (Å²) in [5.74, 6) is -0.861. The van der Waals surface area contributed by atoms with Crippen LogP contribution in [0.15, 0.2) is 18.2 Å². The first-order chi connectivity index (χ1) is 11.9. The van der Waals surface area contributed by atoms with E-state index in [4.69, 9.17) is 21.1 Å². The molecule has 138 valence electrons. The third-order valence-electron chi connectivity index (χ3n) is 3.93. The number of carbonyl (C=O) groups excluding carboxylic acids is 2. The van der Waals surface area contributed by atoms with Crippen molar-refractivity contribution in [1.29, 1.82) is 0 Å². The first-order valence-corrected chi connectivity index (χ1v) is 8.37. The van der Waals surface area contributed by atoms with Crippen LogP contribution in [0.2, 0.25) is 5.02 Å². The van der Waals surface area contributed by atoms with Gasteiger partial charge in [-0.05, 0) is 24.1 Å². The maximum Gasteiger partial charge on any atom is 0.248 e. The second kappa shape index (κ2) is 9.12. The molecule has 0 bridgehead atoms. The van der Waals surface area contributed by atoms with E-state index < -0.39 is 5.82 Å². The average Bonchev–Trinajstić information content (AvgIpc) is 2.56. The summed E-state index contributed by atoms with van der Waals surface area (Å²) in [6.45, 7) is 0.772. The fourth-order valence-corrected chi connectivity index (χ4v) is 2.69. The number of nitrogens with zero attached hydrogens (tertiary/aromatic N) is 1. The molecule has 1 heterocycles. The van der Waals surface area contributed by atoms with Crippen LogP contribution >= 0.6 is 11.6 Å². The average molecular weight is 373 g/mol. The number of nitrogens with one attached hydrogen (secondary N) is 1. The molecule has 0 radical (unpaired) electrons. The van der Waals surface area contributed by atoms with Gasteiger partial charge in [-0.25, -0.2) is 4.39 Å². The summed E-state index contributed by atoms with van der Waals surface area (Å²) in [6.07, 6.45) is 0.312.